The summed E-state index contributed by atoms with van der Waals surface area (Å²) in [6, 6.07) is -1.61. The largest absolute Gasteiger partial charge is 0.501 e. The van der Waals surface area contributed by atoms with Crippen LogP contribution >= 0.6 is 45.2 Å². The quantitative estimate of drug-likeness (QED) is 0.177. The highest BCUT2D eigenvalue weighted by Crippen LogP contribution is 2.34. The van der Waals surface area contributed by atoms with E-state index in [-0.39, 0.29) is 8.86 Å². The molecule has 0 spiro atoms. The molecular formula is C7H7I2N3O6. The first-order valence-corrected chi connectivity index (χ1v) is 7.61. The predicted octanol–water partition coefficient (Wildman–Crippen LogP) is -0.114. The Bertz CT molecular complexity index is 413. The highest BCUT2D eigenvalue weighted by atomic mass is 127. The third-order valence-corrected chi connectivity index (χ3v) is 4.06. The van der Waals surface area contributed by atoms with Crippen molar-refractivity contribution in [1.29, 1.82) is 0 Å². The summed E-state index contributed by atoms with van der Waals surface area (Å²) in [4.78, 5) is 43.6. The summed E-state index contributed by atoms with van der Waals surface area (Å²) in [6.07, 6.45) is 0. The molecule has 1 aliphatic rings. The van der Waals surface area contributed by atoms with E-state index >= 15 is 0 Å². The van der Waals surface area contributed by atoms with Crippen LogP contribution in [0.25, 0.3) is 0 Å². The molecule has 11 heteroatoms. The van der Waals surface area contributed by atoms with Crippen molar-refractivity contribution in [3.8, 4) is 0 Å². The first-order chi connectivity index (χ1) is 8.32. The summed E-state index contributed by atoms with van der Waals surface area (Å²) < 4.78 is -0.120. The fourth-order valence-corrected chi connectivity index (χ4v) is 2.62. The van der Waals surface area contributed by atoms with Gasteiger partial charge in [-0.05, 0) is 0 Å². The van der Waals surface area contributed by atoms with Gasteiger partial charge in [0.1, 0.15) is 9.85 Å². The summed E-state index contributed by atoms with van der Waals surface area (Å²) >= 11 is 3.39. The molecule has 0 aromatic heterocycles. The zero-order valence-electron chi connectivity index (χ0n) is 8.75. The molecule has 0 saturated carbocycles. The van der Waals surface area contributed by atoms with Crippen molar-refractivity contribution in [2.75, 3.05) is 15.4 Å². The van der Waals surface area contributed by atoms with Crippen molar-refractivity contribution in [3.63, 3.8) is 0 Å². The van der Waals surface area contributed by atoms with E-state index in [0.717, 1.165) is 4.90 Å². The van der Waals surface area contributed by atoms with Crippen LogP contribution in [0, 0.1) is 20.2 Å². The standard InChI is InChI=1S/C7H7I2N3O6/c8-1-4(13)6-7(11(15)16,12(17)18)3-10(6)5(14)2-9/h6H,1-3H2. The molecule has 1 unspecified atom stereocenters. The molecule has 1 aliphatic heterocycles. The van der Waals surface area contributed by atoms with Gasteiger partial charge in [0, 0.05) is 0 Å². The van der Waals surface area contributed by atoms with Crippen LogP contribution in [0.3, 0.4) is 0 Å². The van der Waals surface area contributed by atoms with Gasteiger partial charge in [-0.1, -0.05) is 45.2 Å². The minimum absolute atomic E-state index is 0.00823. The number of halogens is 2. The molecule has 1 atom stereocenters. The molecule has 0 aromatic rings. The van der Waals surface area contributed by atoms with Gasteiger partial charge in [0.2, 0.25) is 11.9 Å². The molecule has 1 saturated heterocycles. The number of rotatable bonds is 5. The smallest absolute Gasteiger partial charge is 0.304 e. The van der Waals surface area contributed by atoms with Gasteiger partial charge in [0.05, 0.1) is 8.86 Å². The number of likely N-dealkylation sites (tertiary alicyclic amines) is 1. The second-order valence-corrected chi connectivity index (χ2v) is 5.08. The SMILES string of the molecule is O=C(CI)C1N(C(=O)CI)CC1([N+](=O)[O-])[N+](=O)[O-]. The molecule has 1 fully saturated rings. The van der Waals surface area contributed by atoms with Crippen molar-refractivity contribution in [3.05, 3.63) is 20.2 Å². The van der Waals surface area contributed by atoms with Crippen LogP contribution in [0.4, 0.5) is 0 Å². The molecule has 1 amide bonds. The van der Waals surface area contributed by atoms with Gasteiger partial charge < -0.3 is 4.90 Å². The molecule has 100 valence electrons. The summed E-state index contributed by atoms with van der Waals surface area (Å²) in [6.45, 7) is -0.665. The maximum atomic E-state index is 11.6. The first-order valence-electron chi connectivity index (χ1n) is 4.56. The average molecular weight is 483 g/mol. The molecule has 18 heavy (non-hydrogen) atoms. The number of carbonyl (C=O) groups is 2. The molecule has 0 aromatic carbocycles. The third kappa shape index (κ3) is 2.17. The Morgan fingerprint density at radius 2 is 1.72 bits per heavy atom. The summed E-state index contributed by atoms with van der Waals surface area (Å²) in [5.41, 5.74) is -2.59. The second-order valence-electron chi connectivity index (χ2n) is 3.55. The normalized spacial score (nSPS) is 21.0. The van der Waals surface area contributed by atoms with Crippen molar-refractivity contribution >= 4 is 56.9 Å². The van der Waals surface area contributed by atoms with Gasteiger partial charge in [-0.15, -0.1) is 0 Å². The zero-order chi connectivity index (χ0) is 14.1. The fraction of sp³-hybridized carbons (Fsp3) is 0.714. The van der Waals surface area contributed by atoms with E-state index in [4.69, 9.17) is 0 Å². The molecule has 1 heterocycles. The van der Waals surface area contributed by atoms with Crippen LogP contribution in [0.15, 0.2) is 0 Å². The second kappa shape index (κ2) is 5.58. The highest BCUT2D eigenvalue weighted by molar-refractivity contribution is 14.1. The maximum absolute atomic E-state index is 11.6. The van der Waals surface area contributed by atoms with Gasteiger partial charge in [-0.3, -0.25) is 29.8 Å². The third-order valence-electron chi connectivity index (χ3n) is 2.66. The number of nitro groups is 2. The van der Waals surface area contributed by atoms with Crippen molar-refractivity contribution < 1.29 is 19.4 Å². The van der Waals surface area contributed by atoms with E-state index in [0.29, 0.717) is 0 Å². The number of Topliss-reactive ketones (excluding diaryl/α,β-unsaturated/α-hetero) is 1. The minimum atomic E-state index is -2.59. The van der Waals surface area contributed by atoms with Crippen LogP contribution < -0.4 is 0 Å². The van der Waals surface area contributed by atoms with Crippen molar-refractivity contribution in [2.45, 2.75) is 11.7 Å². The van der Waals surface area contributed by atoms with Crippen LogP contribution in [-0.4, -0.2) is 53.5 Å². The van der Waals surface area contributed by atoms with Gasteiger partial charge in [0.25, 0.3) is 0 Å². The number of nitrogens with zero attached hydrogens (tertiary/aromatic N) is 3. The number of hydrogen-bond acceptors (Lipinski definition) is 6. The van der Waals surface area contributed by atoms with E-state index in [1.165, 1.54) is 0 Å². The molecule has 0 N–H and O–H groups in total. The van der Waals surface area contributed by atoms with E-state index < -0.39 is 39.8 Å². The van der Waals surface area contributed by atoms with Gasteiger partial charge >= 0.3 is 5.66 Å². The lowest BCUT2D eigenvalue weighted by atomic mass is 9.86. The van der Waals surface area contributed by atoms with Gasteiger partial charge in [0.15, 0.2) is 12.3 Å². The maximum Gasteiger partial charge on any atom is 0.501 e. The van der Waals surface area contributed by atoms with Crippen LogP contribution in [-0.2, 0) is 9.59 Å². The van der Waals surface area contributed by atoms with Crippen molar-refractivity contribution in [2.24, 2.45) is 0 Å². The van der Waals surface area contributed by atoms with E-state index in [2.05, 4.69) is 0 Å². The Labute approximate surface area is 128 Å². The lowest BCUT2D eigenvalue weighted by Gasteiger charge is -2.42. The molecule has 1 rings (SSSR count). The molecule has 0 bridgehead atoms. The topological polar surface area (TPSA) is 124 Å². The Kier molecular flexibility index (Phi) is 4.79. The Morgan fingerprint density at radius 1 is 1.22 bits per heavy atom. The lowest BCUT2D eigenvalue weighted by molar-refractivity contribution is -0.814. The molecule has 0 radical (unpaired) electrons. The van der Waals surface area contributed by atoms with Crippen molar-refractivity contribution in [1.82, 2.24) is 4.90 Å². The lowest BCUT2D eigenvalue weighted by Crippen LogP contribution is -2.80. The Morgan fingerprint density at radius 3 is 2.06 bits per heavy atom. The number of alkyl halides is 2. The van der Waals surface area contributed by atoms with Crippen LogP contribution in [0.1, 0.15) is 0 Å². The number of ketones is 1. The highest BCUT2D eigenvalue weighted by Gasteiger charge is 2.77. The number of amides is 1. The number of hydrogen-bond donors (Lipinski definition) is 0. The average Bonchev–Trinajstić information content (AvgIpc) is 2.26. The monoisotopic (exact) mass is 483 g/mol. The van der Waals surface area contributed by atoms with E-state index in [1.807, 2.05) is 0 Å². The van der Waals surface area contributed by atoms with Gasteiger partial charge in [-0.2, -0.15) is 0 Å². The van der Waals surface area contributed by atoms with E-state index in [1.54, 1.807) is 45.2 Å². The fourth-order valence-electron chi connectivity index (χ4n) is 1.76. The Balaban J connectivity index is 3.17. The zero-order valence-corrected chi connectivity index (χ0v) is 13.1. The van der Waals surface area contributed by atoms with Crippen LogP contribution in [0.5, 0.6) is 0 Å². The Hall–Kier alpha value is -0.600. The molecular weight excluding hydrogens is 476 g/mol. The van der Waals surface area contributed by atoms with Crippen LogP contribution in [0.2, 0.25) is 0 Å². The minimum Gasteiger partial charge on any atom is -0.304 e. The summed E-state index contributed by atoms with van der Waals surface area (Å²) in [7, 11) is 0. The predicted molar refractivity (Wildman–Crippen MR) is 75.0 cm³/mol. The van der Waals surface area contributed by atoms with Gasteiger partial charge in [-0.25, -0.2) is 0 Å². The van der Waals surface area contributed by atoms with E-state index in [9.17, 15) is 29.8 Å². The molecule has 9 nitrogen and oxygen atoms in total. The number of carbonyl (C=O) groups excluding carboxylic acids is 2. The summed E-state index contributed by atoms with van der Waals surface area (Å²) in [5.74, 6) is -1.20. The first kappa shape index (κ1) is 15.5. The summed E-state index contributed by atoms with van der Waals surface area (Å²) in [5, 5.41) is 21.8. The molecule has 0 aliphatic carbocycles.